The lowest BCUT2D eigenvalue weighted by molar-refractivity contribution is 0.110. The van der Waals surface area contributed by atoms with Gasteiger partial charge < -0.3 is 15.8 Å². The Morgan fingerprint density at radius 2 is 2.05 bits per heavy atom. The lowest BCUT2D eigenvalue weighted by Gasteiger charge is -2.10. The van der Waals surface area contributed by atoms with Crippen LogP contribution in [0.1, 0.15) is 20.3 Å². The normalized spacial score (nSPS) is 11.2. The highest BCUT2D eigenvalue weighted by atomic mass is 16.5. The Morgan fingerprint density at radius 1 is 1.25 bits per heavy atom. The van der Waals surface area contributed by atoms with Gasteiger partial charge in [0.15, 0.2) is 0 Å². The zero-order chi connectivity index (χ0) is 14.4. The molecule has 0 radical (unpaired) electrons. The first-order valence-electron chi connectivity index (χ1n) is 7.00. The molecule has 0 aliphatic heterocycles. The summed E-state index contributed by atoms with van der Waals surface area (Å²) in [5.41, 5.74) is 6.58. The van der Waals surface area contributed by atoms with Gasteiger partial charge in [0.05, 0.1) is 5.52 Å². The van der Waals surface area contributed by atoms with Crippen LogP contribution in [-0.2, 0) is 4.74 Å². The summed E-state index contributed by atoms with van der Waals surface area (Å²) in [7, 11) is 0. The Morgan fingerprint density at radius 3 is 2.85 bits per heavy atom. The molecule has 1 aromatic carbocycles. The lowest BCUT2D eigenvalue weighted by Crippen LogP contribution is -2.10. The fourth-order valence-electron chi connectivity index (χ4n) is 1.93. The number of aromatic nitrogens is 2. The summed E-state index contributed by atoms with van der Waals surface area (Å²) < 4.78 is 5.55. The van der Waals surface area contributed by atoms with E-state index in [0.717, 1.165) is 42.9 Å². The average molecular weight is 274 g/mol. The van der Waals surface area contributed by atoms with Gasteiger partial charge in [-0.15, -0.1) is 0 Å². The van der Waals surface area contributed by atoms with Crippen molar-refractivity contribution in [2.75, 3.05) is 30.8 Å². The molecule has 0 saturated carbocycles. The van der Waals surface area contributed by atoms with Gasteiger partial charge in [-0.05, 0) is 24.5 Å². The molecule has 0 aliphatic rings. The predicted octanol–water partition coefficient (Wildman–Crippen LogP) is 2.69. The quantitative estimate of drug-likeness (QED) is 0.759. The second-order valence-corrected chi connectivity index (χ2v) is 5.20. The highest BCUT2D eigenvalue weighted by Gasteiger charge is 2.04. The topological polar surface area (TPSA) is 73.1 Å². The summed E-state index contributed by atoms with van der Waals surface area (Å²) in [6, 6.07) is 7.84. The summed E-state index contributed by atoms with van der Waals surface area (Å²) in [5, 5.41) is 4.30. The molecule has 0 saturated heterocycles. The third-order valence-corrected chi connectivity index (χ3v) is 2.83. The molecule has 108 valence electrons. The number of nitrogens with zero attached hydrogens (tertiary/aromatic N) is 2. The second-order valence-electron chi connectivity index (χ2n) is 5.20. The number of fused-ring (bicyclic) bond motifs is 1. The Hall–Kier alpha value is -1.88. The smallest absolute Gasteiger partial charge is 0.222 e. The Balaban J connectivity index is 1.90. The molecule has 0 bridgehead atoms. The molecule has 2 aromatic rings. The van der Waals surface area contributed by atoms with Crippen LogP contribution < -0.4 is 11.1 Å². The largest absolute Gasteiger partial charge is 0.381 e. The molecule has 20 heavy (non-hydrogen) atoms. The van der Waals surface area contributed by atoms with Crippen molar-refractivity contribution in [1.82, 2.24) is 9.97 Å². The van der Waals surface area contributed by atoms with E-state index < -0.39 is 0 Å². The average Bonchev–Trinajstić information content (AvgIpc) is 2.42. The minimum Gasteiger partial charge on any atom is -0.381 e. The first kappa shape index (κ1) is 14.5. The summed E-state index contributed by atoms with van der Waals surface area (Å²) >= 11 is 0. The van der Waals surface area contributed by atoms with Crippen LogP contribution in [0.2, 0.25) is 0 Å². The van der Waals surface area contributed by atoms with Crippen molar-refractivity contribution in [3.05, 3.63) is 24.3 Å². The molecule has 0 amide bonds. The number of nitrogen functional groups attached to an aromatic ring is 1. The SMILES string of the molecule is CC(C)COCCCNc1nc(N)nc2ccccc12. The van der Waals surface area contributed by atoms with Crippen molar-refractivity contribution in [2.24, 2.45) is 5.92 Å². The maximum Gasteiger partial charge on any atom is 0.222 e. The number of benzene rings is 1. The Bertz CT molecular complexity index is 557. The maximum atomic E-state index is 5.72. The van der Waals surface area contributed by atoms with Crippen LogP contribution in [0.25, 0.3) is 10.9 Å². The summed E-state index contributed by atoms with van der Waals surface area (Å²) in [6.45, 7) is 6.66. The van der Waals surface area contributed by atoms with Crippen LogP contribution in [0, 0.1) is 5.92 Å². The van der Waals surface area contributed by atoms with E-state index in [0.29, 0.717) is 11.9 Å². The van der Waals surface area contributed by atoms with E-state index in [4.69, 9.17) is 10.5 Å². The van der Waals surface area contributed by atoms with Gasteiger partial charge >= 0.3 is 0 Å². The molecule has 5 nitrogen and oxygen atoms in total. The minimum atomic E-state index is 0.294. The van der Waals surface area contributed by atoms with Crippen LogP contribution in [0.4, 0.5) is 11.8 Å². The number of hydrogen-bond donors (Lipinski definition) is 2. The van der Waals surface area contributed by atoms with Gasteiger partial charge in [0, 0.05) is 25.1 Å². The zero-order valence-electron chi connectivity index (χ0n) is 12.1. The standard InChI is InChI=1S/C15H22N4O/c1-11(2)10-20-9-5-8-17-14-12-6-3-4-7-13(12)18-15(16)19-14/h3-4,6-7,11H,5,8-10H2,1-2H3,(H3,16,17,18,19). The van der Waals surface area contributed by atoms with E-state index in [1.807, 2.05) is 24.3 Å². The monoisotopic (exact) mass is 274 g/mol. The number of nitrogens with two attached hydrogens (primary N) is 1. The zero-order valence-corrected chi connectivity index (χ0v) is 12.1. The molecule has 0 aliphatic carbocycles. The summed E-state index contributed by atoms with van der Waals surface area (Å²) in [6.07, 6.45) is 0.935. The lowest BCUT2D eigenvalue weighted by atomic mass is 10.2. The molecule has 3 N–H and O–H groups in total. The molecule has 5 heteroatoms. The van der Waals surface area contributed by atoms with Gasteiger partial charge in [0.2, 0.25) is 5.95 Å². The molecule has 1 heterocycles. The molecule has 1 aromatic heterocycles. The number of para-hydroxylation sites is 1. The van der Waals surface area contributed by atoms with Gasteiger partial charge in [0.25, 0.3) is 0 Å². The first-order chi connectivity index (χ1) is 9.66. The number of ether oxygens (including phenoxy) is 1. The number of hydrogen-bond acceptors (Lipinski definition) is 5. The van der Waals surface area contributed by atoms with Gasteiger partial charge in [-0.25, -0.2) is 4.98 Å². The number of rotatable bonds is 7. The van der Waals surface area contributed by atoms with E-state index in [9.17, 15) is 0 Å². The molecular formula is C15H22N4O. The van der Waals surface area contributed by atoms with Crippen molar-refractivity contribution in [1.29, 1.82) is 0 Å². The first-order valence-corrected chi connectivity index (χ1v) is 7.00. The van der Waals surface area contributed by atoms with E-state index >= 15 is 0 Å². The minimum absolute atomic E-state index is 0.294. The fourth-order valence-corrected chi connectivity index (χ4v) is 1.93. The van der Waals surface area contributed by atoms with E-state index in [1.54, 1.807) is 0 Å². The van der Waals surface area contributed by atoms with Crippen LogP contribution >= 0.6 is 0 Å². The van der Waals surface area contributed by atoms with Crippen molar-refractivity contribution in [3.8, 4) is 0 Å². The molecular weight excluding hydrogens is 252 g/mol. The van der Waals surface area contributed by atoms with Crippen molar-refractivity contribution < 1.29 is 4.74 Å². The predicted molar refractivity (Wildman–Crippen MR) is 82.7 cm³/mol. The van der Waals surface area contributed by atoms with Crippen LogP contribution in [0.3, 0.4) is 0 Å². The van der Waals surface area contributed by atoms with E-state index in [-0.39, 0.29) is 0 Å². The van der Waals surface area contributed by atoms with Gasteiger partial charge in [-0.1, -0.05) is 26.0 Å². The third kappa shape index (κ3) is 4.06. The Labute approximate surface area is 119 Å². The summed E-state index contributed by atoms with van der Waals surface area (Å²) in [5.74, 6) is 1.66. The van der Waals surface area contributed by atoms with E-state index in [2.05, 4.69) is 29.1 Å². The molecule has 0 spiro atoms. The van der Waals surface area contributed by atoms with Crippen molar-refractivity contribution in [3.63, 3.8) is 0 Å². The number of anilines is 2. The summed E-state index contributed by atoms with van der Waals surface area (Å²) in [4.78, 5) is 8.48. The maximum absolute atomic E-state index is 5.72. The van der Waals surface area contributed by atoms with Crippen LogP contribution in [0.15, 0.2) is 24.3 Å². The highest BCUT2D eigenvalue weighted by Crippen LogP contribution is 2.20. The third-order valence-electron chi connectivity index (χ3n) is 2.83. The van der Waals surface area contributed by atoms with Crippen molar-refractivity contribution >= 4 is 22.7 Å². The van der Waals surface area contributed by atoms with Crippen LogP contribution in [-0.4, -0.2) is 29.7 Å². The molecule has 2 rings (SSSR count). The molecule has 0 atom stereocenters. The Kier molecular flexibility index (Phi) is 5.12. The van der Waals surface area contributed by atoms with Gasteiger partial charge in [-0.3, -0.25) is 0 Å². The fraction of sp³-hybridized carbons (Fsp3) is 0.467. The second kappa shape index (κ2) is 7.05. The number of nitrogens with one attached hydrogen (secondary N) is 1. The van der Waals surface area contributed by atoms with E-state index in [1.165, 1.54) is 0 Å². The highest BCUT2D eigenvalue weighted by molar-refractivity contribution is 5.89. The van der Waals surface area contributed by atoms with Crippen LogP contribution in [0.5, 0.6) is 0 Å². The molecule has 0 unspecified atom stereocenters. The van der Waals surface area contributed by atoms with Gasteiger partial charge in [0.1, 0.15) is 5.82 Å². The van der Waals surface area contributed by atoms with Gasteiger partial charge in [-0.2, -0.15) is 4.98 Å². The molecule has 0 fully saturated rings. The van der Waals surface area contributed by atoms with Crippen molar-refractivity contribution in [2.45, 2.75) is 20.3 Å².